The molecule has 0 spiro atoms. The molecule has 5 nitrogen and oxygen atoms in total. The average Bonchev–Trinajstić information content (AvgIpc) is 2.52. The first-order valence-corrected chi connectivity index (χ1v) is 7.54. The molecule has 0 aromatic heterocycles. The Labute approximate surface area is 127 Å². The third kappa shape index (κ3) is 4.28. The van der Waals surface area contributed by atoms with E-state index in [-0.39, 0.29) is 0 Å². The van der Waals surface area contributed by atoms with E-state index in [4.69, 9.17) is 10.5 Å². The van der Waals surface area contributed by atoms with E-state index < -0.39 is 0 Å². The SMILES string of the molecule is COc1cccc(N2CCN(C(N)=NCC(C)C)CC2)c1. The third-order valence-electron chi connectivity index (χ3n) is 3.64. The first-order chi connectivity index (χ1) is 10.1. The van der Waals surface area contributed by atoms with Crippen molar-refractivity contribution in [3.63, 3.8) is 0 Å². The number of hydrogen-bond acceptors (Lipinski definition) is 3. The second-order valence-corrected chi connectivity index (χ2v) is 5.77. The fourth-order valence-corrected chi connectivity index (χ4v) is 2.38. The van der Waals surface area contributed by atoms with Gasteiger partial charge in [-0.25, -0.2) is 0 Å². The highest BCUT2D eigenvalue weighted by Gasteiger charge is 2.18. The van der Waals surface area contributed by atoms with Crippen LogP contribution in [-0.4, -0.2) is 50.7 Å². The normalized spacial score (nSPS) is 16.5. The molecule has 5 heteroatoms. The number of guanidine groups is 1. The highest BCUT2D eigenvalue weighted by molar-refractivity contribution is 5.78. The first-order valence-electron chi connectivity index (χ1n) is 7.54. The molecular weight excluding hydrogens is 264 g/mol. The molecule has 1 aromatic carbocycles. The fourth-order valence-electron chi connectivity index (χ4n) is 2.38. The van der Waals surface area contributed by atoms with E-state index in [1.54, 1.807) is 7.11 Å². The number of rotatable bonds is 4. The molecule has 21 heavy (non-hydrogen) atoms. The summed E-state index contributed by atoms with van der Waals surface area (Å²) >= 11 is 0. The molecule has 1 saturated heterocycles. The van der Waals surface area contributed by atoms with E-state index in [0.717, 1.165) is 38.5 Å². The number of aliphatic imine (C=N–C) groups is 1. The van der Waals surface area contributed by atoms with Gasteiger partial charge in [-0.2, -0.15) is 0 Å². The largest absolute Gasteiger partial charge is 0.497 e. The highest BCUT2D eigenvalue weighted by Crippen LogP contribution is 2.21. The van der Waals surface area contributed by atoms with Gasteiger partial charge in [0.05, 0.1) is 7.11 Å². The standard InChI is InChI=1S/C16H26N4O/c1-13(2)12-18-16(17)20-9-7-19(8-10-20)14-5-4-6-15(11-14)21-3/h4-6,11,13H,7-10,12H2,1-3H3,(H2,17,18). The van der Waals surface area contributed by atoms with Gasteiger partial charge in [0, 0.05) is 44.5 Å². The molecule has 1 fully saturated rings. The van der Waals surface area contributed by atoms with Crippen molar-refractivity contribution in [1.82, 2.24) is 4.90 Å². The lowest BCUT2D eigenvalue weighted by molar-refractivity contribution is 0.379. The Bertz CT molecular complexity index is 479. The van der Waals surface area contributed by atoms with E-state index in [9.17, 15) is 0 Å². The maximum Gasteiger partial charge on any atom is 0.191 e. The molecule has 0 saturated carbocycles. The summed E-state index contributed by atoms with van der Waals surface area (Å²) in [5.41, 5.74) is 7.26. The number of methoxy groups -OCH3 is 1. The van der Waals surface area contributed by atoms with E-state index >= 15 is 0 Å². The predicted molar refractivity (Wildman–Crippen MR) is 88.1 cm³/mol. The molecule has 0 aliphatic carbocycles. The van der Waals surface area contributed by atoms with Crippen molar-refractivity contribution in [3.8, 4) is 5.75 Å². The van der Waals surface area contributed by atoms with Crippen LogP contribution in [-0.2, 0) is 0 Å². The number of nitrogens with two attached hydrogens (primary N) is 1. The summed E-state index contributed by atoms with van der Waals surface area (Å²) in [6.07, 6.45) is 0. The van der Waals surface area contributed by atoms with Crippen molar-refractivity contribution in [2.24, 2.45) is 16.6 Å². The van der Waals surface area contributed by atoms with Gasteiger partial charge in [-0.1, -0.05) is 19.9 Å². The molecule has 1 aromatic rings. The fraction of sp³-hybridized carbons (Fsp3) is 0.562. The Morgan fingerprint density at radius 2 is 2.00 bits per heavy atom. The van der Waals surface area contributed by atoms with Crippen molar-refractivity contribution in [3.05, 3.63) is 24.3 Å². The zero-order chi connectivity index (χ0) is 15.2. The smallest absolute Gasteiger partial charge is 0.191 e. The van der Waals surface area contributed by atoms with Gasteiger partial charge in [-0.3, -0.25) is 4.99 Å². The molecule has 0 radical (unpaired) electrons. The molecule has 1 aliphatic rings. The van der Waals surface area contributed by atoms with E-state index in [1.165, 1.54) is 5.69 Å². The summed E-state index contributed by atoms with van der Waals surface area (Å²) in [7, 11) is 1.70. The van der Waals surface area contributed by atoms with Gasteiger partial charge in [-0.05, 0) is 18.1 Å². The third-order valence-corrected chi connectivity index (χ3v) is 3.64. The summed E-state index contributed by atoms with van der Waals surface area (Å²) in [6.45, 7) is 8.81. The van der Waals surface area contributed by atoms with Crippen molar-refractivity contribution < 1.29 is 4.74 Å². The lowest BCUT2D eigenvalue weighted by Gasteiger charge is -2.36. The van der Waals surface area contributed by atoms with Gasteiger partial charge >= 0.3 is 0 Å². The van der Waals surface area contributed by atoms with Crippen LogP contribution >= 0.6 is 0 Å². The number of ether oxygens (including phenoxy) is 1. The molecule has 2 N–H and O–H groups in total. The number of hydrogen-bond donors (Lipinski definition) is 1. The van der Waals surface area contributed by atoms with Crippen molar-refractivity contribution >= 4 is 11.6 Å². The van der Waals surface area contributed by atoms with Crippen molar-refractivity contribution in [1.29, 1.82) is 0 Å². The summed E-state index contributed by atoms with van der Waals surface area (Å²) < 4.78 is 5.28. The zero-order valence-electron chi connectivity index (χ0n) is 13.2. The van der Waals surface area contributed by atoms with Crippen LogP contribution in [0, 0.1) is 5.92 Å². The Morgan fingerprint density at radius 1 is 1.29 bits per heavy atom. The van der Waals surface area contributed by atoms with Crippen LogP contribution in [0.3, 0.4) is 0 Å². The van der Waals surface area contributed by atoms with E-state index in [0.29, 0.717) is 11.9 Å². The van der Waals surface area contributed by atoms with Crippen LogP contribution in [0.25, 0.3) is 0 Å². The summed E-state index contributed by atoms with van der Waals surface area (Å²) in [5, 5.41) is 0. The molecule has 1 heterocycles. The van der Waals surface area contributed by atoms with Gasteiger partial charge in [0.1, 0.15) is 5.75 Å². The molecule has 0 unspecified atom stereocenters. The maximum atomic E-state index is 6.06. The topological polar surface area (TPSA) is 54.1 Å². The van der Waals surface area contributed by atoms with Crippen LogP contribution < -0.4 is 15.4 Å². The number of nitrogens with zero attached hydrogens (tertiary/aromatic N) is 3. The molecule has 0 bridgehead atoms. The van der Waals surface area contributed by atoms with Gasteiger partial charge in [0.15, 0.2) is 5.96 Å². The van der Waals surface area contributed by atoms with Crippen LogP contribution in [0.5, 0.6) is 5.75 Å². The average molecular weight is 290 g/mol. The summed E-state index contributed by atoms with van der Waals surface area (Å²) in [4.78, 5) is 8.98. The van der Waals surface area contributed by atoms with E-state index in [2.05, 4.69) is 40.8 Å². The first kappa shape index (κ1) is 15.5. The van der Waals surface area contributed by atoms with Gasteiger partial charge in [-0.15, -0.1) is 0 Å². The zero-order valence-corrected chi connectivity index (χ0v) is 13.2. The van der Waals surface area contributed by atoms with Gasteiger partial charge in [0.2, 0.25) is 0 Å². The predicted octanol–water partition coefficient (Wildman–Crippen LogP) is 1.79. The van der Waals surface area contributed by atoms with Crippen molar-refractivity contribution in [2.45, 2.75) is 13.8 Å². The molecule has 116 valence electrons. The number of anilines is 1. The van der Waals surface area contributed by atoms with Crippen LogP contribution in [0.1, 0.15) is 13.8 Å². The highest BCUT2D eigenvalue weighted by atomic mass is 16.5. The minimum absolute atomic E-state index is 0.543. The minimum atomic E-state index is 0.543. The van der Waals surface area contributed by atoms with Crippen molar-refractivity contribution in [2.75, 3.05) is 44.7 Å². The quantitative estimate of drug-likeness (QED) is 0.678. The molecule has 2 rings (SSSR count). The second-order valence-electron chi connectivity index (χ2n) is 5.77. The van der Waals surface area contributed by atoms with E-state index in [1.807, 2.05) is 12.1 Å². The van der Waals surface area contributed by atoms with Gasteiger partial charge in [0.25, 0.3) is 0 Å². The Balaban J connectivity index is 1.92. The van der Waals surface area contributed by atoms with Crippen LogP contribution in [0.2, 0.25) is 0 Å². The minimum Gasteiger partial charge on any atom is -0.497 e. The number of piperazine rings is 1. The number of benzene rings is 1. The monoisotopic (exact) mass is 290 g/mol. The Morgan fingerprint density at radius 3 is 2.62 bits per heavy atom. The molecular formula is C16H26N4O. The van der Waals surface area contributed by atoms with Crippen LogP contribution in [0.4, 0.5) is 5.69 Å². The summed E-state index contributed by atoms with van der Waals surface area (Å²) in [6, 6.07) is 8.19. The lowest BCUT2D eigenvalue weighted by Crippen LogP contribution is -2.51. The molecule has 0 atom stereocenters. The molecule has 1 aliphatic heterocycles. The Kier molecular flexibility index (Phi) is 5.31. The van der Waals surface area contributed by atoms with Gasteiger partial charge < -0.3 is 20.3 Å². The Hall–Kier alpha value is -1.91. The second kappa shape index (κ2) is 7.20. The summed E-state index contributed by atoms with van der Waals surface area (Å²) in [5.74, 6) is 2.11. The van der Waals surface area contributed by atoms with Crippen LogP contribution in [0.15, 0.2) is 29.3 Å². The molecule has 0 amide bonds. The maximum absolute atomic E-state index is 6.06. The lowest BCUT2D eigenvalue weighted by atomic mass is 10.2.